The molecule has 1 aliphatic rings. The molecule has 16 heavy (non-hydrogen) atoms. The van der Waals surface area contributed by atoms with Crippen LogP contribution in [0.25, 0.3) is 0 Å². The van der Waals surface area contributed by atoms with Crippen molar-refractivity contribution in [2.24, 2.45) is 0 Å². The van der Waals surface area contributed by atoms with E-state index in [4.69, 9.17) is 0 Å². The Morgan fingerprint density at radius 1 is 1.38 bits per heavy atom. The Bertz CT molecular complexity index is 376. The lowest BCUT2D eigenvalue weighted by molar-refractivity contribution is 0.0750. The number of fused-ring (bicyclic) bond motifs is 1. The third-order valence-corrected chi connectivity index (χ3v) is 2.90. The fourth-order valence-corrected chi connectivity index (χ4v) is 2.08. The van der Waals surface area contributed by atoms with Crippen LogP contribution in [-0.4, -0.2) is 30.4 Å². The maximum atomic E-state index is 12.3. The molecule has 3 nitrogen and oxygen atoms in total. The fourth-order valence-electron chi connectivity index (χ4n) is 2.08. The molecule has 0 atom stereocenters. The number of hydrogen-bond acceptors (Lipinski definition) is 2. The fraction of sp³-hybridized carbons (Fsp3) is 0.462. The predicted molar refractivity (Wildman–Crippen MR) is 64.3 cm³/mol. The number of amides is 1. The number of carbonyl (C=O) groups excluding carboxylic acids is 1. The first kappa shape index (κ1) is 11.1. The van der Waals surface area contributed by atoms with E-state index < -0.39 is 0 Å². The van der Waals surface area contributed by atoms with E-state index in [9.17, 15) is 4.79 Å². The summed E-state index contributed by atoms with van der Waals surface area (Å²) in [5.74, 6) is 0.180. The number of nitrogens with zero attached hydrogens (tertiary/aromatic N) is 1. The van der Waals surface area contributed by atoms with Crippen molar-refractivity contribution in [3.05, 3.63) is 35.4 Å². The SMILES string of the molecule is CCCN1CCNCc2ccccc2C1=O. The van der Waals surface area contributed by atoms with Gasteiger partial charge in [-0.05, 0) is 18.1 Å². The van der Waals surface area contributed by atoms with Crippen molar-refractivity contribution >= 4 is 5.91 Å². The van der Waals surface area contributed by atoms with Gasteiger partial charge in [0.2, 0.25) is 0 Å². The highest BCUT2D eigenvalue weighted by molar-refractivity contribution is 5.95. The maximum Gasteiger partial charge on any atom is 0.254 e. The van der Waals surface area contributed by atoms with Crippen LogP contribution in [0.5, 0.6) is 0 Å². The smallest absolute Gasteiger partial charge is 0.254 e. The van der Waals surface area contributed by atoms with Gasteiger partial charge in [0.05, 0.1) is 0 Å². The van der Waals surface area contributed by atoms with E-state index in [0.29, 0.717) is 0 Å². The zero-order valence-corrected chi connectivity index (χ0v) is 9.70. The molecule has 86 valence electrons. The molecule has 0 unspecified atom stereocenters. The first-order valence-corrected chi connectivity index (χ1v) is 5.91. The molecule has 1 heterocycles. The summed E-state index contributed by atoms with van der Waals surface area (Å²) < 4.78 is 0. The topological polar surface area (TPSA) is 32.3 Å². The average molecular weight is 218 g/mol. The summed E-state index contributed by atoms with van der Waals surface area (Å²) in [4.78, 5) is 14.2. The van der Waals surface area contributed by atoms with Crippen LogP contribution in [0.3, 0.4) is 0 Å². The summed E-state index contributed by atoms with van der Waals surface area (Å²) in [6.45, 7) is 5.42. The van der Waals surface area contributed by atoms with E-state index in [-0.39, 0.29) is 5.91 Å². The monoisotopic (exact) mass is 218 g/mol. The first-order chi connectivity index (χ1) is 7.83. The number of nitrogens with one attached hydrogen (secondary N) is 1. The highest BCUT2D eigenvalue weighted by Gasteiger charge is 2.19. The van der Waals surface area contributed by atoms with Crippen molar-refractivity contribution in [1.82, 2.24) is 10.2 Å². The van der Waals surface area contributed by atoms with Crippen LogP contribution in [0.2, 0.25) is 0 Å². The van der Waals surface area contributed by atoms with E-state index in [1.54, 1.807) is 0 Å². The van der Waals surface area contributed by atoms with E-state index in [1.807, 2.05) is 29.2 Å². The van der Waals surface area contributed by atoms with Crippen LogP contribution in [0.15, 0.2) is 24.3 Å². The van der Waals surface area contributed by atoms with Crippen LogP contribution in [0.1, 0.15) is 29.3 Å². The molecule has 0 saturated carbocycles. The predicted octanol–water partition coefficient (Wildman–Crippen LogP) is 1.64. The molecule has 0 saturated heterocycles. The second kappa shape index (κ2) is 5.12. The van der Waals surface area contributed by atoms with Gasteiger partial charge in [0.25, 0.3) is 5.91 Å². The van der Waals surface area contributed by atoms with Gasteiger partial charge in [0.15, 0.2) is 0 Å². The zero-order valence-electron chi connectivity index (χ0n) is 9.70. The summed E-state index contributed by atoms with van der Waals surface area (Å²) >= 11 is 0. The number of rotatable bonds is 2. The number of carbonyl (C=O) groups is 1. The summed E-state index contributed by atoms with van der Waals surface area (Å²) in [6.07, 6.45) is 1.01. The Balaban J connectivity index is 2.30. The summed E-state index contributed by atoms with van der Waals surface area (Å²) in [6, 6.07) is 7.87. The minimum Gasteiger partial charge on any atom is -0.337 e. The molecule has 0 aliphatic carbocycles. The minimum absolute atomic E-state index is 0.180. The maximum absolute atomic E-state index is 12.3. The quantitative estimate of drug-likeness (QED) is 0.818. The van der Waals surface area contributed by atoms with Crippen LogP contribution >= 0.6 is 0 Å². The van der Waals surface area contributed by atoms with Crippen LogP contribution in [-0.2, 0) is 6.54 Å². The Kier molecular flexibility index (Phi) is 3.57. The molecule has 1 amide bonds. The largest absolute Gasteiger partial charge is 0.337 e. The lowest BCUT2D eigenvalue weighted by Crippen LogP contribution is -2.40. The molecule has 0 spiro atoms. The molecule has 0 radical (unpaired) electrons. The van der Waals surface area contributed by atoms with E-state index in [1.165, 1.54) is 0 Å². The molecular formula is C13H18N2O. The first-order valence-electron chi connectivity index (χ1n) is 5.91. The van der Waals surface area contributed by atoms with Gasteiger partial charge in [0.1, 0.15) is 0 Å². The average Bonchev–Trinajstić information content (AvgIpc) is 2.31. The number of hydrogen-bond donors (Lipinski definition) is 1. The Labute approximate surface area is 96.5 Å². The van der Waals surface area contributed by atoms with E-state index in [2.05, 4.69) is 12.2 Å². The minimum atomic E-state index is 0.180. The van der Waals surface area contributed by atoms with Crippen LogP contribution < -0.4 is 5.32 Å². The van der Waals surface area contributed by atoms with Gasteiger partial charge in [0, 0.05) is 31.7 Å². The molecule has 2 rings (SSSR count). The lowest BCUT2D eigenvalue weighted by Gasteiger charge is -2.26. The molecule has 1 N–H and O–H groups in total. The molecule has 1 aliphatic heterocycles. The normalized spacial score (nSPS) is 16.6. The van der Waals surface area contributed by atoms with Gasteiger partial charge in [-0.15, -0.1) is 0 Å². The van der Waals surface area contributed by atoms with Crippen molar-refractivity contribution < 1.29 is 4.79 Å². The molecule has 0 bridgehead atoms. The Hall–Kier alpha value is -1.35. The van der Waals surface area contributed by atoms with Crippen LogP contribution in [0, 0.1) is 0 Å². The van der Waals surface area contributed by atoms with Gasteiger partial charge in [-0.1, -0.05) is 25.1 Å². The highest BCUT2D eigenvalue weighted by Crippen LogP contribution is 2.13. The van der Waals surface area contributed by atoms with Crippen molar-refractivity contribution in [3.8, 4) is 0 Å². The summed E-state index contributed by atoms with van der Waals surface area (Å²) in [5, 5.41) is 3.36. The summed E-state index contributed by atoms with van der Waals surface area (Å²) in [5.41, 5.74) is 1.96. The third kappa shape index (κ3) is 2.25. The molecule has 3 heteroatoms. The Morgan fingerprint density at radius 2 is 2.19 bits per heavy atom. The molecular weight excluding hydrogens is 200 g/mol. The van der Waals surface area contributed by atoms with Crippen molar-refractivity contribution in [1.29, 1.82) is 0 Å². The van der Waals surface area contributed by atoms with E-state index in [0.717, 1.165) is 43.7 Å². The van der Waals surface area contributed by atoms with Gasteiger partial charge in [-0.3, -0.25) is 4.79 Å². The Morgan fingerprint density at radius 3 is 3.00 bits per heavy atom. The standard InChI is InChI=1S/C13H18N2O/c1-2-8-15-9-7-14-10-11-5-3-4-6-12(11)13(15)16/h3-6,14H,2,7-10H2,1H3. The van der Waals surface area contributed by atoms with Crippen molar-refractivity contribution in [2.75, 3.05) is 19.6 Å². The highest BCUT2D eigenvalue weighted by atomic mass is 16.2. The van der Waals surface area contributed by atoms with Gasteiger partial charge in [-0.25, -0.2) is 0 Å². The van der Waals surface area contributed by atoms with Crippen molar-refractivity contribution in [2.45, 2.75) is 19.9 Å². The molecule has 1 aromatic rings. The van der Waals surface area contributed by atoms with Crippen molar-refractivity contribution in [3.63, 3.8) is 0 Å². The second-order valence-corrected chi connectivity index (χ2v) is 4.13. The number of benzene rings is 1. The third-order valence-electron chi connectivity index (χ3n) is 2.90. The van der Waals surface area contributed by atoms with Gasteiger partial charge in [-0.2, -0.15) is 0 Å². The van der Waals surface area contributed by atoms with Gasteiger partial charge < -0.3 is 10.2 Å². The van der Waals surface area contributed by atoms with Gasteiger partial charge >= 0.3 is 0 Å². The zero-order chi connectivity index (χ0) is 11.4. The molecule has 0 fully saturated rings. The molecule has 1 aromatic carbocycles. The second-order valence-electron chi connectivity index (χ2n) is 4.13. The summed E-state index contributed by atoms with van der Waals surface area (Å²) in [7, 11) is 0. The molecule has 0 aromatic heterocycles. The lowest BCUT2D eigenvalue weighted by atomic mass is 10.1. The van der Waals surface area contributed by atoms with E-state index >= 15 is 0 Å². The van der Waals surface area contributed by atoms with Crippen LogP contribution in [0.4, 0.5) is 0 Å².